The van der Waals surface area contributed by atoms with Crippen LogP contribution in [0.25, 0.3) is 0 Å². The number of benzene rings is 2. The second-order valence-corrected chi connectivity index (χ2v) is 16.1. The summed E-state index contributed by atoms with van der Waals surface area (Å²) in [6, 6.07) is 12.2. The summed E-state index contributed by atoms with van der Waals surface area (Å²) in [5.41, 5.74) is 5.24. The number of hydrogen-bond donors (Lipinski definition) is 1. The van der Waals surface area contributed by atoms with Gasteiger partial charge in [-0.2, -0.15) is 5.10 Å². The Labute approximate surface area is 283 Å². The largest absolute Gasteiger partial charge is 0.490 e. The molecule has 48 heavy (non-hydrogen) atoms. The van der Waals surface area contributed by atoms with Gasteiger partial charge >= 0.3 is 0 Å². The monoisotopic (exact) mass is 671 g/mol. The zero-order valence-electron chi connectivity index (χ0n) is 28.0. The van der Waals surface area contributed by atoms with Gasteiger partial charge in [-0.15, -0.1) is 4.36 Å². The van der Waals surface area contributed by atoms with E-state index < -0.39 is 21.7 Å². The first kappa shape index (κ1) is 32.6. The summed E-state index contributed by atoms with van der Waals surface area (Å²) in [7, 11) is 0.0138. The number of anilines is 1. The van der Waals surface area contributed by atoms with Gasteiger partial charge in [0, 0.05) is 44.4 Å². The molecule has 10 nitrogen and oxygen atoms in total. The summed E-state index contributed by atoms with van der Waals surface area (Å²) in [5.74, 6) is 0.331. The third-order valence-electron chi connectivity index (χ3n) is 10.7. The summed E-state index contributed by atoms with van der Waals surface area (Å²) in [4.78, 5) is 29.3. The number of ether oxygens (including phenoxy) is 2. The van der Waals surface area contributed by atoms with Crippen molar-refractivity contribution in [3.63, 3.8) is 0 Å². The first-order valence-electron chi connectivity index (χ1n) is 17.1. The topological polar surface area (TPSA) is 115 Å². The van der Waals surface area contributed by atoms with Crippen LogP contribution in [0.3, 0.4) is 0 Å². The van der Waals surface area contributed by atoms with Crippen LogP contribution in [0.15, 0.2) is 65.3 Å². The van der Waals surface area contributed by atoms with E-state index in [2.05, 4.69) is 56.4 Å². The van der Waals surface area contributed by atoms with Crippen LogP contribution in [0.5, 0.6) is 5.75 Å². The van der Waals surface area contributed by atoms with Crippen molar-refractivity contribution in [2.45, 2.75) is 63.4 Å². The van der Waals surface area contributed by atoms with Crippen LogP contribution in [-0.4, -0.2) is 64.5 Å². The number of allylic oxidation sites excluding steroid dienone is 1. The first-order chi connectivity index (χ1) is 23.1. The van der Waals surface area contributed by atoms with Gasteiger partial charge in [0.2, 0.25) is 0 Å². The Balaban J connectivity index is 1.29. The van der Waals surface area contributed by atoms with Gasteiger partial charge < -0.3 is 14.4 Å². The van der Waals surface area contributed by atoms with Crippen LogP contribution >= 0.6 is 0 Å². The molecule has 2 aliphatic heterocycles. The molecule has 5 atom stereocenters. The zero-order valence-corrected chi connectivity index (χ0v) is 28.8. The molecule has 3 aromatic rings. The van der Waals surface area contributed by atoms with Crippen LogP contribution in [0.1, 0.15) is 75.9 Å². The number of rotatable bonds is 3. The molecule has 1 N–H and O–H groups in total. The third kappa shape index (κ3) is 6.42. The summed E-state index contributed by atoms with van der Waals surface area (Å²) in [6.07, 6.45) is 13.6. The van der Waals surface area contributed by atoms with Gasteiger partial charge in [-0.3, -0.25) is 19.0 Å². The Kier molecular flexibility index (Phi) is 8.93. The molecule has 1 aromatic heterocycles. The molecule has 0 unspecified atom stereocenters. The molecule has 11 heteroatoms. The Hall–Kier alpha value is -3.96. The second kappa shape index (κ2) is 13.2. The van der Waals surface area contributed by atoms with E-state index in [9.17, 15) is 13.8 Å². The highest BCUT2D eigenvalue weighted by Gasteiger charge is 2.44. The fourth-order valence-electron chi connectivity index (χ4n) is 8.02. The Morgan fingerprint density at radius 2 is 2.04 bits per heavy atom. The number of nitrogens with one attached hydrogen (secondary N) is 1. The highest BCUT2D eigenvalue weighted by Crippen LogP contribution is 2.46. The first-order valence-corrected chi connectivity index (χ1v) is 18.7. The molecule has 3 heterocycles. The van der Waals surface area contributed by atoms with Gasteiger partial charge in [0.25, 0.3) is 11.8 Å². The molecule has 1 saturated carbocycles. The van der Waals surface area contributed by atoms with Crippen LogP contribution in [-0.2, 0) is 33.5 Å². The number of nitrogens with zero attached hydrogens (tertiary/aromatic N) is 4. The van der Waals surface area contributed by atoms with E-state index in [1.54, 1.807) is 20.2 Å². The van der Waals surface area contributed by atoms with Gasteiger partial charge in [-0.25, -0.2) is 4.21 Å². The van der Waals surface area contributed by atoms with Crippen molar-refractivity contribution in [1.29, 1.82) is 0 Å². The number of carbonyl (C=O) groups is 2. The Morgan fingerprint density at radius 1 is 1.17 bits per heavy atom. The lowest BCUT2D eigenvalue weighted by molar-refractivity contribution is 0.0132. The van der Waals surface area contributed by atoms with Crippen molar-refractivity contribution in [2.75, 3.05) is 37.5 Å². The number of hydrogen-bond acceptors (Lipinski definition) is 7. The fourth-order valence-corrected chi connectivity index (χ4v) is 9.59. The van der Waals surface area contributed by atoms with E-state index in [0.717, 1.165) is 56.6 Å². The molecule has 0 radical (unpaired) electrons. The van der Waals surface area contributed by atoms with E-state index in [1.807, 2.05) is 12.1 Å². The van der Waals surface area contributed by atoms with Gasteiger partial charge in [-0.05, 0) is 93.0 Å². The predicted octanol–water partition coefficient (Wildman–Crippen LogP) is 5.55. The molecule has 2 aromatic carbocycles. The van der Waals surface area contributed by atoms with Gasteiger partial charge in [0.05, 0.1) is 35.9 Å². The summed E-state index contributed by atoms with van der Waals surface area (Å²) in [6.45, 7) is 4.27. The number of carbonyl (C=O) groups excluding carboxylic acids is 2. The summed E-state index contributed by atoms with van der Waals surface area (Å²) < 4.78 is 35.2. The molecule has 254 valence electrons. The maximum Gasteiger partial charge on any atom is 0.286 e. The molecule has 0 saturated heterocycles. The van der Waals surface area contributed by atoms with Crippen LogP contribution < -0.4 is 14.4 Å². The van der Waals surface area contributed by atoms with Crippen LogP contribution in [0.4, 0.5) is 5.69 Å². The number of fused-ring (bicyclic) bond motifs is 4. The molecule has 1 spiro atoms. The Morgan fingerprint density at radius 3 is 2.81 bits per heavy atom. The van der Waals surface area contributed by atoms with E-state index in [4.69, 9.17) is 9.47 Å². The molecule has 7 rings (SSSR count). The van der Waals surface area contributed by atoms with Crippen molar-refractivity contribution in [3.8, 4) is 5.75 Å². The molecular formula is C37H45N5O5S. The van der Waals surface area contributed by atoms with Gasteiger partial charge in [-0.1, -0.05) is 35.9 Å². The molecule has 2 aliphatic carbocycles. The van der Waals surface area contributed by atoms with Gasteiger partial charge in [0.1, 0.15) is 15.7 Å². The second-order valence-electron chi connectivity index (χ2n) is 14.0. The van der Waals surface area contributed by atoms with Crippen molar-refractivity contribution in [1.82, 2.24) is 14.5 Å². The zero-order chi connectivity index (χ0) is 33.5. The number of aromatic nitrogens is 2. The minimum Gasteiger partial charge on any atom is -0.490 e. The molecular weight excluding hydrogens is 627 g/mol. The maximum atomic E-state index is 14.2. The molecule has 4 aliphatic rings. The minimum absolute atomic E-state index is 0.0281. The average molecular weight is 672 g/mol. The lowest BCUT2D eigenvalue weighted by Crippen LogP contribution is -2.49. The van der Waals surface area contributed by atoms with Crippen molar-refractivity contribution < 1.29 is 23.3 Å². The number of amides is 2. The third-order valence-corrected chi connectivity index (χ3v) is 12.5. The van der Waals surface area contributed by atoms with E-state index >= 15 is 0 Å². The van der Waals surface area contributed by atoms with E-state index in [0.29, 0.717) is 36.8 Å². The SMILES string of the molecule is CO[C@H]1/C=C/CCC[S@@](=O)(NC(=O)c2cnn(C)c2)=NC(=O)c2ccc3c(c2)N(C[C@@H]2CC[C@H]21)C[C@@]1(CCCc2cc(C)ccc21)CO3. The number of aryl methyl sites for hydroxylation is 3. The lowest BCUT2D eigenvalue weighted by Gasteiger charge is -2.46. The maximum absolute atomic E-state index is 14.2. The quantitative estimate of drug-likeness (QED) is 0.364. The number of methoxy groups -OCH3 is 1. The smallest absolute Gasteiger partial charge is 0.286 e. The highest BCUT2D eigenvalue weighted by atomic mass is 32.2. The Bertz CT molecular complexity index is 1880. The van der Waals surface area contributed by atoms with Crippen LogP contribution in [0.2, 0.25) is 0 Å². The lowest BCUT2D eigenvalue weighted by atomic mass is 9.68. The van der Waals surface area contributed by atoms with E-state index in [-0.39, 0.29) is 22.8 Å². The average Bonchev–Trinajstić information content (AvgIpc) is 3.43. The summed E-state index contributed by atoms with van der Waals surface area (Å²) >= 11 is 0. The molecule has 2 bridgehead atoms. The normalized spacial score (nSPS) is 29.4. The minimum atomic E-state index is -3.45. The molecule has 1 fully saturated rings. The standard InChI is InChI=1S/C37H45N5O5S/c1-25-10-14-31-26(18-25)8-7-16-37(31)23-42-22-28-11-13-30(28)33(46-3)9-5-4-6-17-48(45,40-36(44)29-20-38-41(2)21-29)39-35(43)27-12-15-34(47-24-37)32(42)19-27/h5,9-10,12,14-15,18-21,28,30,33H,4,6-8,11,13,16-17,22-24H2,1-3H3,(H,39,40,43,44,45)/b9-5+/t28-,30+,33-,37-,48-/m0/s1. The van der Waals surface area contributed by atoms with Crippen LogP contribution in [0, 0.1) is 18.8 Å². The van der Waals surface area contributed by atoms with Gasteiger partial charge in [0.15, 0.2) is 0 Å². The van der Waals surface area contributed by atoms with Crippen molar-refractivity contribution in [3.05, 3.63) is 88.8 Å². The summed E-state index contributed by atoms with van der Waals surface area (Å²) in [5, 5.41) is 4.05. The highest BCUT2D eigenvalue weighted by molar-refractivity contribution is 7.92. The predicted molar refractivity (Wildman–Crippen MR) is 186 cm³/mol. The van der Waals surface area contributed by atoms with Crippen molar-refractivity contribution in [2.24, 2.45) is 23.2 Å². The van der Waals surface area contributed by atoms with Crippen molar-refractivity contribution >= 4 is 27.4 Å². The van der Waals surface area contributed by atoms with E-state index in [1.165, 1.54) is 33.8 Å². The molecule has 2 amide bonds. The fraction of sp³-hybridized carbons (Fsp3) is 0.486.